The molecule has 0 fully saturated rings. The van der Waals surface area contributed by atoms with Gasteiger partial charge in [-0.15, -0.1) is 11.8 Å². The molecule has 0 saturated heterocycles. The van der Waals surface area contributed by atoms with Gasteiger partial charge in [0.05, 0.1) is 11.5 Å². The predicted molar refractivity (Wildman–Crippen MR) is 48.0 cm³/mol. The van der Waals surface area contributed by atoms with Crippen LogP contribution in [0, 0.1) is 23.7 Å². The van der Waals surface area contributed by atoms with Gasteiger partial charge in [0.25, 0.3) is 0 Å². The smallest absolute Gasteiger partial charge is 0.134 e. The van der Waals surface area contributed by atoms with Crippen molar-refractivity contribution >= 4 is 11.8 Å². The molecule has 1 aliphatic rings. The number of thioether (sulfide) groups is 1. The molecule has 0 amide bonds. The van der Waals surface area contributed by atoms with Crippen molar-refractivity contribution in [2.45, 2.75) is 6.10 Å². The van der Waals surface area contributed by atoms with Gasteiger partial charge < -0.3 is 5.11 Å². The Morgan fingerprint density at radius 2 is 2.18 bits per heavy atom. The van der Waals surface area contributed by atoms with Crippen LogP contribution >= 0.6 is 11.8 Å². The van der Waals surface area contributed by atoms with Crippen LogP contribution in [0.15, 0.2) is 12.2 Å². The van der Waals surface area contributed by atoms with Crippen LogP contribution in [0.25, 0.3) is 0 Å². The number of aliphatic hydroxyl groups is 1. The van der Waals surface area contributed by atoms with Gasteiger partial charge in [-0.25, -0.2) is 0 Å². The van der Waals surface area contributed by atoms with Crippen molar-refractivity contribution in [1.82, 2.24) is 0 Å². The Balaban J connectivity index is 2.61. The molecule has 1 heterocycles. The molecule has 1 nitrogen and oxygen atoms in total. The largest absolute Gasteiger partial charge is 0.377 e. The van der Waals surface area contributed by atoms with E-state index in [1.54, 1.807) is 23.9 Å². The van der Waals surface area contributed by atoms with Gasteiger partial charge in [-0.2, -0.15) is 0 Å². The highest BCUT2D eigenvalue weighted by Crippen LogP contribution is 1.96. The van der Waals surface area contributed by atoms with Crippen molar-refractivity contribution in [3.05, 3.63) is 12.2 Å². The molecule has 0 bridgehead atoms. The highest BCUT2D eigenvalue weighted by Gasteiger charge is 1.89. The molecule has 56 valence electrons. The van der Waals surface area contributed by atoms with Crippen LogP contribution in [-0.2, 0) is 0 Å². The zero-order valence-corrected chi connectivity index (χ0v) is 6.82. The summed E-state index contributed by atoms with van der Waals surface area (Å²) < 4.78 is 0. The van der Waals surface area contributed by atoms with Crippen molar-refractivity contribution in [1.29, 1.82) is 0 Å². The molecule has 2 heteroatoms. The summed E-state index contributed by atoms with van der Waals surface area (Å²) in [5, 5.41) is 9.09. The minimum atomic E-state index is -0.650. The maximum atomic E-state index is 9.09. The molecule has 0 saturated carbocycles. The van der Waals surface area contributed by atoms with Crippen LogP contribution in [-0.4, -0.2) is 22.7 Å². The van der Waals surface area contributed by atoms with Crippen LogP contribution in [0.2, 0.25) is 0 Å². The van der Waals surface area contributed by atoms with Gasteiger partial charge in [-0.3, -0.25) is 0 Å². The summed E-state index contributed by atoms with van der Waals surface area (Å²) in [5.74, 6) is 12.8. The first-order chi connectivity index (χ1) is 5.39. The van der Waals surface area contributed by atoms with Crippen molar-refractivity contribution in [3.63, 3.8) is 0 Å². The van der Waals surface area contributed by atoms with E-state index in [2.05, 4.69) is 23.7 Å². The molecule has 1 aliphatic heterocycles. The van der Waals surface area contributed by atoms with Crippen molar-refractivity contribution < 1.29 is 5.11 Å². The summed E-state index contributed by atoms with van der Waals surface area (Å²) in [4.78, 5) is 0. The topological polar surface area (TPSA) is 20.2 Å². The van der Waals surface area contributed by atoms with E-state index < -0.39 is 6.10 Å². The summed E-state index contributed by atoms with van der Waals surface area (Å²) in [6, 6.07) is 0. The molecule has 0 radical (unpaired) electrons. The lowest BCUT2D eigenvalue weighted by Crippen LogP contribution is -1.97. The molecule has 1 N–H and O–H groups in total. The van der Waals surface area contributed by atoms with E-state index in [-0.39, 0.29) is 0 Å². The Morgan fingerprint density at radius 1 is 1.36 bits per heavy atom. The first-order valence-electron chi connectivity index (χ1n) is 3.29. The number of hydrogen-bond acceptors (Lipinski definition) is 2. The Morgan fingerprint density at radius 3 is 3.09 bits per heavy atom. The monoisotopic (exact) mass is 164 g/mol. The fraction of sp³-hybridized carbons (Fsp3) is 0.333. The lowest BCUT2D eigenvalue weighted by atomic mass is 10.3. The second kappa shape index (κ2) is 4.91. The van der Waals surface area contributed by atoms with E-state index in [0.717, 1.165) is 11.5 Å². The summed E-state index contributed by atoms with van der Waals surface area (Å²) in [7, 11) is 0. The fourth-order valence-electron chi connectivity index (χ4n) is 0.587. The number of aliphatic hydroxyl groups excluding tert-OH is 1. The fourth-order valence-corrected chi connectivity index (χ4v) is 1.06. The van der Waals surface area contributed by atoms with Crippen LogP contribution in [0.3, 0.4) is 0 Å². The molecule has 0 aromatic carbocycles. The minimum Gasteiger partial charge on any atom is -0.377 e. The molecule has 1 rings (SSSR count). The normalized spacial score (nSPS) is 22.5. The molecule has 0 spiro atoms. The van der Waals surface area contributed by atoms with Crippen molar-refractivity contribution in [2.75, 3.05) is 11.5 Å². The maximum Gasteiger partial charge on any atom is 0.134 e. The molecule has 0 aliphatic carbocycles. The summed E-state index contributed by atoms with van der Waals surface area (Å²) in [6.45, 7) is 0. The second-order valence-corrected chi connectivity index (χ2v) is 2.92. The quantitative estimate of drug-likeness (QED) is 0.531. The Labute approximate surface area is 70.9 Å². The Bertz CT molecular complexity index is 259. The van der Waals surface area contributed by atoms with E-state index in [9.17, 15) is 0 Å². The molecule has 1 unspecified atom stereocenters. The molecular formula is C9H8OS. The highest BCUT2D eigenvalue weighted by molar-refractivity contribution is 7.99. The van der Waals surface area contributed by atoms with Gasteiger partial charge in [0, 0.05) is 0 Å². The first-order valence-corrected chi connectivity index (χ1v) is 4.44. The molecule has 1 atom stereocenters. The maximum absolute atomic E-state index is 9.09. The van der Waals surface area contributed by atoms with Gasteiger partial charge in [-0.1, -0.05) is 23.7 Å². The van der Waals surface area contributed by atoms with Crippen LogP contribution < -0.4 is 0 Å². The van der Waals surface area contributed by atoms with E-state index in [4.69, 9.17) is 5.11 Å². The lowest BCUT2D eigenvalue weighted by Gasteiger charge is -1.92. The first kappa shape index (κ1) is 8.27. The van der Waals surface area contributed by atoms with Gasteiger partial charge in [0.2, 0.25) is 0 Å². The third kappa shape index (κ3) is 3.78. The van der Waals surface area contributed by atoms with E-state index in [1.165, 1.54) is 0 Å². The predicted octanol–water partition coefficient (Wildman–Crippen LogP) is 0.657. The van der Waals surface area contributed by atoms with Gasteiger partial charge >= 0.3 is 0 Å². The van der Waals surface area contributed by atoms with Gasteiger partial charge in [-0.05, 0) is 12.2 Å². The van der Waals surface area contributed by atoms with Crippen LogP contribution in [0.5, 0.6) is 0 Å². The third-order valence-corrected chi connectivity index (χ3v) is 1.76. The number of allylic oxidation sites excluding steroid dienone is 1. The average molecular weight is 164 g/mol. The zero-order valence-electron chi connectivity index (χ0n) is 6.00. The molecule has 0 aromatic rings. The van der Waals surface area contributed by atoms with Crippen LogP contribution in [0.1, 0.15) is 0 Å². The SMILES string of the molecule is OC1C#CCSCC#CC=C1. The summed E-state index contributed by atoms with van der Waals surface area (Å²) in [5.41, 5.74) is 0. The molecular weight excluding hydrogens is 156 g/mol. The standard InChI is InChI=1S/C9H8OS/c10-9-5-2-1-3-7-11-8-4-6-9/h2,5,9-10H,7-8H2. The van der Waals surface area contributed by atoms with Crippen molar-refractivity contribution in [2.24, 2.45) is 0 Å². The minimum absolute atomic E-state index is 0.650. The van der Waals surface area contributed by atoms with Gasteiger partial charge in [0.15, 0.2) is 0 Å². The molecule has 0 aromatic heterocycles. The zero-order chi connectivity index (χ0) is 7.94. The van der Waals surface area contributed by atoms with E-state index in [1.807, 2.05) is 0 Å². The lowest BCUT2D eigenvalue weighted by molar-refractivity contribution is 0.281. The Kier molecular flexibility index (Phi) is 3.69. The van der Waals surface area contributed by atoms with Crippen LogP contribution in [0.4, 0.5) is 0 Å². The Hall–Kier alpha value is -0.830. The van der Waals surface area contributed by atoms with E-state index >= 15 is 0 Å². The average Bonchev–Trinajstić information content (AvgIpc) is 2.03. The second-order valence-electron chi connectivity index (χ2n) is 1.94. The molecule has 11 heavy (non-hydrogen) atoms. The third-order valence-electron chi connectivity index (χ3n) is 1.06. The highest BCUT2D eigenvalue weighted by atomic mass is 32.2. The van der Waals surface area contributed by atoms with Crippen molar-refractivity contribution in [3.8, 4) is 23.7 Å². The number of rotatable bonds is 0. The van der Waals surface area contributed by atoms with Gasteiger partial charge in [0.1, 0.15) is 6.10 Å². The summed E-state index contributed by atoms with van der Waals surface area (Å²) in [6.07, 6.45) is 2.59. The summed E-state index contributed by atoms with van der Waals surface area (Å²) >= 11 is 1.66. The number of hydrogen-bond donors (Lipinski definition) is 1. The van der Waals surface area contributed by atoms with E-state index in [0.29, 0.717) is 0 Å².